The fourth-order valence-corrected chi connectivity index (χ4v) is 6.30. The molecule has 1 aromatic heterocycles. The summed E-state index contributed by atoms with van der Waals surface area (Å²) in [5.41, 5.74) is 10.7. The van der Waals surface area contributed by atoms with Crippen molar-refractivity contribution in [1.82, 2.24) is 14.9 Å². The highest BCUT2D eigenvalue weighted by Gasteiger charge is 2.38. The maximum absolute atomic E-state index is 6.58. The number of piperidine rings is 1. The van der Waals surface area contributed by atoms with Crippen LogP contribution in [0, 0.1) is 0 Å². The third kappa shape index (κ3) is 5.17. The third-order valence-electron chi connectivity index (χ3n) is 8.41. The molecule has 0 spiro atoms. The van der Waals surface area contributed by atoms with Gasteiger partial charge in [0.15, 0.2) is 23.0 Å². The van der Waals surface area contributed by atoms with Gasteiger partial charge in [0, 0.05) is 36.0 Å². The molecule has 0 aliphatic carbocycles. The Hall–Kier alpha value is -4.24. The Morgan fingerprint density at radius 1 is 0.951 bits per heavy atom. The van der Waals surface area contributed by atoms with Crippen LogP contribution in [0.5, 0.6) is 23.0 Å². The summed E-state index contributed by atoms with van der Waals surface area (Å²) in [6.45, 7) is 3.95. The van der Waals surface area contributed by atoms with Gasteiger partial charge in [-0.1, -0.05) is 36.4 Å². The lowest BCUT2D eigenvalue weighted by Crippen LogP contribution is -2.43. The largest absolute Gasteiger partial charge is 0.493 e. The fraction of sp³-hybridized carbons (Fsp3) is 0.375. The normalized spacial score (nSPS) is 16.4. The van der Waals surface area contributed by atoms with E-state index >= 15 is 0 Å². The van der Waals surface area contributed by atoms with Crippen LogP contribution in [0.25, 0.3) is 10.9 Å². The van der Waals surface area contributed by atoms with Crippen LogP contribution in [0.15, 0.2) is 54.6 Å². The van der Waals surface area contributed by atoms with E-state index in [0.717, 1.165) is 66.9 Å². The first-order valence-electron chi connectivity index (χ1n) is 14.1. The molecule has 1 fully saturated rings. The molecule has 9 nitrogen and oxygen atoms in total. The van der Waals surface area contributed by atoms with Crippen LogP contribution < -0.4 is 30.0 Å². The van der Waals surface area contributed by atoms with E-state index in [4.69, 9.17) is 29.7 Å². The average molecular weight is 556 g/mol. The zero-order chi connectivity index (χ0) is 28.4. The highest BCUT2D eigenvalue weighted by molar-refractivity contribution is 5.95. The number of fused-ring (bicyclic) bond motifs is 2. The summed E-state index contributed by atoms with van der Waals surface area (Å²) in [5.74, 6) is 3.87. The number of hydrogen-bond donors (Lipinski definition) is 2. The van der Waals surface area contributed by atoms with Gasteiger partial charge >= 0.3 is 0 Å². The number of nitrogens with zero attached hydrogens (tertiary/aromatic N) is 3. The van der Waals surface area contributed by atoms with Crippen molar-refractivity contribution in [3.8, 4) is 23.0 Å². The van der Waals surface area contributed by atoms with Crippen LogP contribution in [0.3, 0.4) is 0 Å². The van der Waals surface area contributed by atoms with Crippen LogP contribution in [0.4, 0.5) is 11.8 Å². The van der Waals surface area contributed by atoms with E-state index in [1.807, 2.05) is 12.1 Å². The number of rotatable bonds is 8. The molecule has 3 aromatic carbocycles. The van der Waals surface area contributed by atoms with Gasteiger partial charge in [-0.3, -0.25) is 4.90 Å². The number of nitrogens with two attached hydrogens (primary N) is 1. The summed E-state index contributed by atoms with van der Waals surface area (Å²) in [6, 6.07) is 18.9. The predicted molar refractivity (Wildman–Crippen MR) is 160 cm³/mol. The number of likely N-dealkylation sites (tertiary alicyclic amines) is 1. The van der Waals surface area contributed by atoms with Crippen molar-refractivity contribution in [3.63, 3.8) is 0 Å². The standard InChI is InChI=1S/C32H37N5O4/c1-34-31-35-24-18-27(38-2)29(39-3)23(28(24)30(33)36-31)19-32(22-7-5-4-6-8-22)11-13-37(14-12-32)20-21-9-10-25-26(17-21)41-16-15-40-25/h4-10,17-18H,11-16,19-20H2,1-3H3,(H3,33,34,35,36). The molecule has 214 valence electrons. The lowest BCUT2D eigenvalue weighted by atomic mass is 9.68. The van der Waals surface area contributed by atoms with Crippen LogP contribution in [0.2, 0.25) is 0 Å². The van der Waals surface area contributed by atoms with Crippen LogP contribution in [-0.2, 0) is 18.4 Å². The molecular formula is C32H37N5O4. The van der Waals surface area contributed by atoms with E-state index in [9.17, 15) is 0 Å². The number of aromatic nitrogens is 2. The predicted octanol–water partition coefficient (Wildman–Crippen LogP) is 4.82. The molecular weight excluding hydrogens is 518 g/mol. The van der Waals surface area contributed by atoms with Crippen molar-refractivity contribution in [3.05, 3.63) is 71.3 Å². The minimum atomic E-state index is -0.134. The van der Waals surface area contributed by atoms with Crippen molar-refractivity contribution < 1.29 is 18.9 Å². The minimum Gasteiger partial charge on any atom is -0.493 e. The summed E-state index contributed by atoms with van der Waals surface area (Å²) in [7, 11) is 5.11. The zero-order valence-corrected chi connectivity index (χ0v) is 23.9. The monoisotopic (exact) mass is 555 g/mol. The second-order valence-electron chi connectivity index (χ2n) is 10.7. The molecule has 0 bridgehead atoms. The number of methoxy groups -OCH3 is 2. The van der Waals surface area contributed by atoms with E-state index < -0.39 is 0 Å². The second-order valence-corrected chi connectivity index (χ2v) is 10.7. The molecule has 2 aliphatic heterocycles. The van der Waals surface area contributed by atoms with E-state index in [1.165, 1.54) is 11.1 Å². The number of nitrogen functional groups attached to an aromatic ring is 1. The zero-order valence-electron chi connectivity index (χ0n) is 23.9. The maximum Gasteiger partial charge on any atom is 0.224 e. The Labute approximate surface area is 240 Å². The van der Waals surface area contributed by atoms with Gasteiger partial charge in [0.25, 0.3) is 0 Å². The number of benzene rings is 3. The molecule has 3 heterocycles. The van der Waals surface area contributed by atoms with Crippen LogP contribution in [0.1, 0.15) is 29.5 Å². The van der Waals surface area contributed by atoms with Crippen LogP contribution >= 0.6 is 0 Å². The smallest absolute Gasteiger partial charge is 0.224 e. The summed E-state index contributed by atoms with van der Waals surface area (Å²) in [5, 5.41) is 3.82. The Kier molecular flexibility index (Phi) is 7.45. The molecule has 3 N–H and O–H groups in total. The Morgan fingerprint density at radius 2 is 1.71 bits per heavy atom. The van der Waals surface area contributed by atoms with Gasteiger partial charge in [-0.2, -0.15) is 4.98 Å². The van der Waals surface area contributed by atoms with E-state index in [-0.39, 0.29) is 5.41 Å². The number of nitrogens with one attached hydrogen (secondary N) is 1. The quantitative estimate of drug-likeness (QED) is 0.317. The molecule has 2 aliphatic rings. The Morgan fingerprint density at radius 3 is 2.41 bits per heavy atom. The SMILES string of the molecule is CNc1nc(N)c2c(CC3(c4ccccc4)CCN(Cc4ccc5c(c4)OCCO5)CC3)c(OC)c(OC)cc2n1. The van der Waals surface area contributed by atoms with Crippen molar-refractivity contribution >= 4 is 22.7 Å². The number of anilines is 2. The van der Waals surface area contributed by atoms with Gasteiger partial charge < -0.3 is 30.0 Å². The molecule has 6 rings (SSSR count). The first-order valence-corrected chi connectivity index (χ1v) is 14.1. The number of hydrogen-bond acceptors (Lipinski definition) is 9. The fourth-order valence-electron chi connectivity index (χ4n) is 6.30. The molecule has 0 unspecified atom stereocenters. The van der Waals surface area contributed by atoms with E-state index in [0.29, 0.717) is 36.5 Å². The second kappa shape index (κ2) is 11.3. The van der Waals surface area contributed by atoms with Crippen molar-refractivity contribution in [2.75, 3.05) is 58.6 Å². The Bertz CT molecular complexity index is 1540. The average Bonchev–Trinajstić information content (AvgIpc) is 3.01. The molecule has 0 radical (unpaired) electrons. The lowest BCUT2D eigenvalue weighted by Gasteiger charge is -2.43. The highest BCUT2D eigenvalue weighted by atomic mass is 16.6. The molecule has 0 atom stereocenters. The third-order valence-corrected chi connectivity index (χ3v) is 8.41. The van der Waals surface area contributed by atoms with Crippen molar-refractivity contribution in [2.45, 2.75) is 31.2 Å². The van der Waals surface area contributed by atoms with Gasteiger partial charge in [0.2, 0.25) is 5.95 Å². The van der Waals surface area contributed by atoms with E-state index in [2.05, 4.69) is 57.7 Å². The molecule has 0 saturated carbocycles. The minimum absolute atomic E-state index is 0.134. The van der Waals surface area contributed by atoms with Crippen molar-refractivity contribution in [1.29, 1.82) is 0 Å². The first kappa shape index (κ1) is 27.0. The summed E-state index contributed by atoms with van der Waals surface area (Å²) in [6.07, 6.45) is 2.66. The highest BCUT2D eigenvalue weighted by Crippen LogP contribution is 2.46. The van der Waals surface area contributed by atoms with Gasteiger partial charge in [-0.25, -0.2) is 4.98 Å². The maximum atomic E-state index is 6.58. The van der Waals surface area contributed by atoms with Gasteiger partial charge in [-0.05, 0) is 55.6 Å². The van der Waals surface area contributed by atoms with Gasteiger partial charge in [0.1, 0.15) is 19.0 Å². The molecule has 9 heteroatoms. The number of ether oxygens (including phenoxy) is 4. The van der Waals surface area contributed by atoms with Crippen molar-refractivity contribution in [2.24, 2.45) is 0 Å². The Balaban J connectivity index is 1.35. The van der Waals surface area contributed by atoms with Crippen LogP contribution in [-0.4, -0.2) is 62.4 Å². The van der Waals surface area contributed by atoms with Gasteiger partial charge in [0.05, 0.1) is 19.7 Å². The first-order chi connectivity index (χ1) is 20.0. The van der Waals surface area contributed by atoms with Gasteiger partial charge in [-0.15, -0.1) is 0 Å². The molecule has 41 heavy (non-hydrogen) atoms. The van der Waals surface area contributed by atoms with E-state index in [1.54, 1.807) is 21.3 Å². The summed E-state index contributed by atoms with van der Waals surface area (Å²) in [4.78, 5) is 11.8. The molecule has 4 aromatic rings. The topological polar surface area (TPSA) is 104 Å². The lowest BCUT2D eigenvalue weighted by molar-refractivity contribution is 0.149. The summed E-state index contributed by atoms with van der Waals surface area (Å²) >= 11 is 0. The summed E-state index contributed by atoms with van der Waals surface area (Å²) < 4.78 is 23.3. The molecule has 1 saturated heterocycles. The molecule has 0 amide bonds.